The Morgan fingerprint density at radius 3 is 2.57 bits per heavy atom. The lowest BCUT2D eigenvalue weighted by atomic mass is 10.2. The summed E-state index contributed by atoms with van der Waals surface area (Å²) < 4.78 is 28.3. The molecule has 112 valence electrons. The number of hydrogen-bond acceptors (Lipinski definition) is 4. The second kappa shape index (κ2) is 6.08. The quantitative estimate of drug-likeness (QED) is 0.414. The molecule has 21 heavy (non-hydrogen) atoms. The molecule has 1 aromatic heterocycles. The summed E-state index contributed by atoms with van der Waals surface area (Å²) >= 11 is 0. The third-order valence-electron chi connectivity index (χ3n) is 2.96. The number of carbonyl (C=O) groups excluding carboxylic acids is 1. The number of nitrogens with two attached hydrogens (primary N) is 1. The minimum atomic E-state index is -3.69. The van der Waals surface area contributed by atoms with E-state index in [-0.39, 0.29) is 17.1 Å². The summed E-state index contributed by atoms with van der Waals surface area (Å²) in [5.74, 6) is 4.49. The van der Waals surface area contributed by atoms with Crippen molar-refractivity contribution in [2.45, 2.75) is 11.4 Å². The van der Waals surface area contributed by atoms with Gasteiger partial charge in [-0.3, -0.25) is 10.2 Å². The highest BCUT2D eigenvalue weighted by atomic mass is 32.2. The van der Waals surface area contributed by atoms with Gasteiger partial charge in [0.2, 0.25) is 10.0 Å². The van der Waals surface area contributed by atoms with Crippen molar-refractivity contribution in [3.8, 4) is 0 Å². The number of hydrogen-bond donors (Lipinski definition) is 3. The minimum Gasteiger partial charge on any atom is -0.345 e. The van der Waals surface area contributed by atoms with Gasteiger partial charge in [0.25, 0.3) is 5.91 Å². The maximum atomic E-state index is 12.2. The molecular formula is C13H16N4O3S. The lowest BCUT2D eigenvalue weighted by molar-refractivity contribution is 0.0945. The van der Waals surface area contributed by atoms with Crippen LogP contribution in [0.5, 0.6) is 0 Å². The molecule has 0 aliphatic carbocycles. The maximum absolute atomic E-state index is 12.2. The molecule has 1 amide bonds. The van der Waals surface area contributed by atoms with E-state index in [1.165, 1.54) is 16.8 Å². The number of nitrogens with one attached hydrogen (secondary N) is 2. The Kier molecular flexibility index (Phi) is 4.41. The lowest BCUT2D eigenvalue weighted by Gasteiger charge is -2.04. The van der Waals surface area contributed by atoms with Crippen LogP contribution >= 0.6 is 0 Å². The first kappa shape index (κ1) is 15.2. The average molecular weight is 308 g/mol. The summed E-state index contributed by atoms with van der Waals surface area (Å²) in [6, 6.07) is 10.4. The molecule has 0 spiro atoms. The highest BCUT2D eigenvalue weighted by Crippen LogP contribution is 2.14. The Morgan fingerprint density at radius 1 is 1.29 bits per heavy atom. The lowest BCUT2D eigenvalue weighted by Crippen LogP contribution is -2.31. The van der Waals surface area contributed by atoms with Gasteiger partial charge in [-0.25, -0.2) is 19.0 Å². The first-order valence-electron chi connectivity index (χ1n) is 6.15. The first-order valence-corrected chi connectivity index (χ1v) is 7.63. The number of amides is 1. The number of rotatable bonds is 5. The fourth-order valence-corrected chi connectivity index (χ4v) is 2.93. The zero-order valence-electron chi connectivity index (χ0n) is 11.4. The van der Waals surface area contributed by atoms with E-state index in [1.54, 1.807) is 7.05 Å². The minimum absolute atomic E-state index is 0.0135. The molecule has 0 aliphatic heterocycles. The van der Waals surface area contributed by atoms with Crippen molar-refractivity contribution in [1.82, 2.24) is 14.7 Å². The SMILES string of the molecule is Cn1cc(S(=O)(=O)NCc2ccccc2)cc1C(=O)NN. The summed E-state index contributed by atoms with van der Waals surface area (Å²) in [5, 5.41) is 0. The summed E-state index contributed by atoms with van der Waals surface area (Å²) in [7, 11) is -2.12. The smallest absolute Gasteiger partial charge is 0.281 e. The number of benzene rings is 1. The van der Waals surface area contributed by atoms with Crippen LogP contribution in [0.15, 0.2) is 47.5 Å². The zero-order chi connectivity index (χ0) is 15.5. The predicted octanol–water partition coefficient (Wildman–Crippen LogP) is 0.107. The van der Waals surface area contributed by atoms with Crippen LogP contribution in [0, 0.1) is 0 Å². The van der Waals surface area contributed by atoms with E-state index >= 15 is 0 Å². The van der Waals surface area contributed by atoms with Crippen LogP contribution < -0.4 is 16.0 Å². The van der Waals surface area contributed by atoms with Gasteiger partial charge in [-0.1, -0.05) is 30.3 Å². The van der Waals surface area contributed by atoms with Gasteiger partial charge < -0.3 is 4.57 Å². The highest BCUT2D eigenvalue weighted by Gasteiger charge is 2.19. The Labute approximate surface area is 122 Å². The normalized spacial score (nSPS) is 11.3. The van der Waals surface area contributed by atoms with Gasteiger partial charge in [0.05, 0.1) is 0 Å². The Hall–Kier alpha value is -2.16. The van der Waals surface area contributed by atoms with Crippen LogP contribution in [0.3, 0.4) is 0 Å². The Balaban J connectivity index is 2.18. The van der Waals surface area contributed by atoms with E-state index in [2.05, 4.69) is 4.72 Å². The van der Waals surface area contributed by atoms with Gasteiger partial charge in [0.1, 0.15) is 10.6 Å². The number of aromatic nitrogens is 1. The largest absolute Gasteiger partial charge is 0.345 e. The Morgan fingerprint density at radius 2 is 1.95 bits per heavy atom. The summed E-state index contributed by atoms with van der Waals surface area (Å²) in [4.78, 5) is 11.5. The van der Waals surface area contributed by atoms with Crippen LogP contribution in [0.1, 0.15) is 16.1 Å². The standard InChI is InChI=1S/C13H16N4O3S/c1-17-9-11(7-12(17)13(18)16-14)21(19,20)15-8-10-5-3-2-4-6-10/h2-7,9,15H,8,14H2,1H3,(H,16,18). The topological polar surface area (TPSA) is 106 Å². The molecule has 0 radical (unpaired) electrons. The third-order valence-corrected chi connectivity index (χ3v) is 4.33. The van der Waals surface area contributed by atoms with Crippen LogP contribution in [0.4, 0.5) is 0 Å². The van der Waals surface area contributed by atoms with Gasteiger partial charge >= 0.3 is 0 Å². The molecule has 2 rings (SSSR count). The van der Waals surface area contributed by atoms with Gasteiger partial charge in [-0.15, -0.1) is 0 Å². The van der Waals surface area contributed by atoms with Crippen molar-refractivity contribution < 1.29 is 13.2 Å². The zero-order valence-corrected chi connectivity index (χ0v) is 12.2. The highest BCUT2D eigenvalue weighted by molar-refractivity contribution is 7.89. The van der Waals surface area contributed by atoms with E-state index in [1.807, 2.05) is 35.8 Å². The second-order valence-corrected chi connectivity index (χ2v) is 6.22. The van der Waals surface area contributed by atoms with Gasteiger partial charge in [-0.05, 0) is 11.6 Å². The van der Waals surface area contributed by atoms with Crippen LogP contribution in [-0.4, -0.2) is 18.9 Å². The molecule has 0 aliphatic rings. The predicted molar refractivity (Wildman–Crippen MR) is 77.5 cm³/mol. The maximum Gasteiger partial charge on any atom is 0.281 e. The van der Waals surface area contributed by atoms with E-state index in [9.17, 15) is 13.2 Å². The van der Waals surface area contributed by atoms with Crippen molar-refractivity contribution >= 4 is 15.9 Å². The first-order chi connectivity index (χ1) is 9.94. The molecule has 2 aromatic rings. The summed E-state index contributed by atoms with van der Waals surface area (Å²) in [6.45, 7) is 0.177. The molecule has 0 unspecified atom stereocenters. The van der Waals surface area contributed by atoms with Gasteiger partial charge in [-0.2, -0.15) is 0 Å². The molecule has 0 saturated heterocycles. The molecule has 0 atom stereocenters. The third kappa shape index (κ3) is 3.48. The van der Waals surface area contributed by atoms with Crippen molar-refractivity contribution in [2.24, 2.45) is 12.9 Å². The monoisotopic (exact) mass is 308 g/mol. The van der Waals surface area contributed by atoms with Gasteiger partial charge in [0, 0.05) is 19.8 Å². The summed E-state index contributed by atoms with van der Waals surface area (Å²) in [5.41, 5.74) is 2.98. The van der Waals surface area contributed by atoms with E-state index in [0.29, 0.717) is 0 Å². The molecule has 0 fully saturated rings. The van der Waals surface area contributed by atoms with Crippen LogP contribution in [0.25, 0.3) is 0 Å². The van der Waals surface area contributed by atoms with Crippen molar-refractivity contribution in [1.29, 1.82) is 0 Å². The van der Waals surface area contributed by atoms with Crippen molar-refractivity contribution in [3.63, 3.8) is 0 Å². The van der Waals surface area contributed by atoms with E-state index in [4.69, 9.17) is 5.84 Å². The Bertz CT molecular complexity index is 738. The van der Waals surface area contributed by atoms with E-state index < -0.39 is 15.9 Å². The number of nitrogens with zero attached hydrogens (tertiary/aromatic N) is 1. The number of aryl methyl sites for hydroxylation is 1. The fraction of sp³-hybridized carbons (Fsp3) is 0.154. The molecule has 0 bridgehead atoms. The number of sulfonamides is 1. The molecular weight excluding hydrogens is 292 g/mol. The average Bonchev–Trinajstić information content (AvgIpc) is 2.88. The number of carbonyl (C=O) groups is 1. The van der Waals surface area contributed by atoms with Crippen molar-refractivity contribution in [3.05, 3.63) is 53.9 Å². The summed E-state index contributed by atoms with van der Waals surface area (Å²) in [6.07, 6.45) is 1.36. The second-order valence-electron chi connectivity index (χ2n) is 4.46. The molecule has 8 heteroatoms. The molecule has 0 saturated carbocycles. The number of nitrogen functional groups attached to an aromatic ring is 1. The van der Waals surface area contributed by atoms with Crippen LogP contribution in [-0.2, 0) is 23.6 Å². The van der Waals surface area contributed by atoms with Gasteiger partial charge in [0.15, 0.2) is 0 Å². The molecule has 1 aromatic carbocycles. The number of hydrazine groups is 1. The fourth-order valence-electron chi connectivity index (χ4n) is 1.84. The molecule has 1 heterocycles. The molecule has 4 N–H and O–H groups in total. The van der Waals surface area contributed by atoms with E-state index in [0.717, 1.165) is 5.56 Å². The van der Waals surface area contributed by atoms with Crippen LogP contribution in [0.2, 0.25) is 0 Å². The molecule has 7 nitrogen and oxygen atoms in total. The van der Waals surface area contributed by atoms with Crippen molar-refractivity contribution in [2.75, 3.05) is 0 Å².